The van der Waals surface area contributed by atoms with Crippen LogP contribution in [0.2, 0.25) is 5.02 Å². The van der Waals surface area contributed by atoms with Crippen molar-refractivity contribution in [3.8, 4) is 0 Å². The number of primary amides is 1. The van der Waals surface area contributed by atoms with Crippen LogP contribution in [0.4, 0.5) is 5.69 Å². The fourth-order valence-corrected chi connectivity index (χ4v) is 2.18. The van der Waals surface area contributed by atoms with Crippen LogP contribution >= 0.6 is 11.6 Å². The van der Waals surface area contributed by atoms with Gasteiger partial charge in [0.05, 0.1) is 10.7 Å². The van der Waals surface area contributed by atoms with E-state index in [2.05, 4.69) is 18.7 Å². The quantitative estimate of drug-likeness (QED) is 0.775. The SMILES string of the molecule is CCN(CC)CCc1c(C(N)=O)ccc(N)c1Cl. The first-order chi connectivity index (χ1) is 8.51. The number of carbonyl (C=O) groups is 1. The highest BCUT2D eigenvalue weighted by Gasteiger charge is 2.14. The Morgan fingerprint density at radius 1 is 1.33 bits per heavy atom. The first-order valence-electron chi connectivity index (χ1n) is 6.10. The van der Waals surface area contributed by atoms with Crippen LogP contribution in [0.1, 0.15) is 29.8 Å². The number of hydrogen-bond donors (Lipinski definition) is 2. The zero-order valence-electron chi connectivity index (χ0n) is 10.9. The topological polar surface area (TPSA) is 72.3 Å². The van der Waals surface area contributed by atoms with Gasteiger partial charge in [0.15, 0.2) is 0 Å². The first-order valence-corrected chi connectivity index (χ1v) is 6.48. The molecule has 0 aliphatic carbocycles. The van der Waals surface area contributed by atoms with E-state index in [-0.39, 0.29) is 0 Å². The zero-order chi connectivity index (χ0) is 13.7. The molecule has 0 saturated carbocycles. The minimum absolute atomic E-state index is 0.443. The molecule has 4 nitrogen and oxygen atoms in total. The monoisotopic (exact) mass is 269 g/mol. The van der Waals surface area contributed by atoms with Gasteiger partial charge in [-0.3, -0.25) is 4.79 Å². The van der Waals surface area contributed by atoms with E-state index < -0.39 is 5.91 Å². The zero-order valence-corrected chi connectivity index (χ0v) is 11.6. The van der Waals surface area contributed by atoms with Gasteiger partial charge in [0.2, 0.25) is 5.91 Å². The lowest BCUT2D eigenvalue weighted by Crippen LogP contribution is -2.26. The fourth-order valence-electron chi connectivity index (χ4n) is 1.92. The normalized spacial score (nSPS) is 10.9. The van der Waals surface area contributed by atoms with Gasteiger partial charge in [-0.15, -0.1) is 0 Å². The number of halogens is 1. The van der Waals surface area contributed by atoms with Gasteiger partial charge in [0.1, 0.15) is 0 Å². The van der Waals surface area contributed by atoms with Crippen LogP contribution in [0.5, 0.6) is 0 Å². The van der Waals surface area contributed by atoms with Gasteiger partial charge in [0.25, 0.3) is 0 Å². The Kier molecular flexibility index (Phi) is 5.44. The maximum absolute atomic E-state index is 11.4. The molecule has 1 rings (SSSR count). The molecule has 1 aromatic carbocycles. The number of carbonyl (C=O) groups excluding carboxylic acids is 1. The minimum Gasteiger partial charge on any atom is -0.398 e. The third-order valence-electron chi connectivity index (χ3n) is 3.11. The van der Waals surface area contributed by atoms with E-state index in [4.69, 9.17) is 23.1 Å². The van der Waals surface area contributed by atoms with Crippen molar-refractivity contribution in [2.24, 2.45) is 5.73 Å². The molecule has 18 heavy (non-hydrogen) atoms. The maximum Gasteiger partial charge on any atom is 0.249 e. The maximum atomic E-state index is 11.4. The second-order valence-electron chi connectivity index (χ2n) is 4.14. The third kappa shape index (κ3) is 3.37. The number of rotatable bonds is 6. The van der Waals surface area contributed by atoms with Crippen LogP contribution in [0.25, 0.3) is 0 Å². The highest BCUT2D eigenvalue weighted by Crippen LogP contribution is 2.27. The Hall–Kier alpha value is -1.26. The number of amides is 1. The molecular weight excluding hydrogens is 250 g/mol. The first kappa shape index (κ1) is 14.8. The van der Waals surface area contributed by atoms with Crippen molar-refractivity contribution in [3.05, 3.63) is 28.3 Å². The smallest absolute Gasteiger partial charge is 0.249 e. The fraction of sp³-hybridized carbons (Fsp3) is 0.462. The molecule has 0 aliphatic heterocycles. The molecule has 0 bridgehead atoms. The number of anilines is 1. The second kappa shape index (κ2) is 6.61. The predicted octanol–water partition coefficient (Wildman–Crippen LogP) is 1.91. The lowest BCUT2D eigenvalue weighted by molar-refractivity contribution is 0.0999. The molecule has 1 amide bonds. The van der Waals surface area contributed by atoms with Crippen LogP contribution < -0.4 is 11.5 Å². The Labute approximate surface area is 113 Å². The molecule has 0 heterocycles. The van der Waals surface area contributed by atoms with Gasteiger partial charge >= 0.3 is 0 Å². The van der Waals surface area contributed by atoms with E-state index in [9.17, 15) is 4.79 Å². The second-order valence-corrected chi connectivity index (χ2v) is 4.51. The summed E-state index contributed by atoms with van der Waals surface area (Å²) in [6.07, 6.45) is 0.670. The summed E-state index contributed by atoms with van der Waals surface area (Å²) < 4.78 is 0. The molecule has 0 saturated heterocycles. The number of nitrogens with two attached hydrogens (primary N) is 2. The number of nitrogens with zero attached hydrogens (tertiary/aromatic N) is 1. The predicted molar refractivity (Wildman–Crippen MR) is 75.9 cm³/mol. The van der Waals surface area contributed by atoms with Gasteiger partial charge < -0.3 is 16.4 Å². The summed E-state index contributed by atoms with van der Waals surface area (Å²) in [6.45, 7) is 6.94. The van der Waals surface area contributed by atoms with E-state index in [1.807, 2.05) is 0 Å². The summed E-state index contributed by atoms with van der Waals surface area (Å²) in [7, 11) is 0. The number of nitrogen functional groups attached to an aromatic ring is 1. The molecular formula is C13H20ClN3O. The largest absolute Gasteiger partial charge is 0.398 e. The van der Waals surface area contributed by atoms with E-state index in [0.29, 0.717) is 22.7 Å². The molecule has 4 N–H and O–H groups in total. The number of benzene rings is 1. The van der Waals surface area contributed by atoms with Crippen LogP contribution in [0.3, 0.4) is 0 Å². The Bertz CT molecular complexity index is 430. The van der Waals surface area contributed by atoms with E-state index in [1.54, 1.807) is 12.1 Å². The Morgan fingerprint density at radius 2 is 1.94 bits per heavy atom. The molecule has 5 heteroatoms. The van der Waals surface area contributed by atoms with Gasteiger partial charge in [-0.05, 0) is 37.2 Å². The van der Waals surface area contributed by atoms with Gasteiger partial charge in [-0.2, -0.15) is 0 Å². The van der Waals surface area contributed by atoms with Crippen LogP contribution in [0.15, 0.2) is 12.1 Å². The lowest BCUT2D eigenvalue weighted by atomic mass is 10.0. The average molecular weight is 270 g/mol. The van der Waals surface area contributed by atoms with Crippen molar-refractivity contribution in [1.29, 1.82) is 0 Å². The summed E-state index contributed by atoms with van der Waals surface area (Å²) in [6, 6.07) is 3.25. The third-order valence-corrected chi connectivity index (χ3v) is 3.56. The summed E-state index contributed by atoms with van der Waals surface area (Å²) in [5.41, 5.74) is 12.8. The van der Waals surface area contributed by atoms with Crippen LogP contribution in [-0.2, 0) is 6.42 Å². The highest BCUT2D eigenvalue weighted by molar-refractivity contribution is 6.34. The van der Waals surface area contributed by atoms with Gasteiger partial charge in [0, 0.05) is 12.1 Å². The summed E-state index contributed by atoms with van der Waals surface area (Å²) in [5.74, 6) is -0.466. The van der Waals surface area contributed by atoms with E-state index in [1.165, 1.54) is 0 Å². The molecule has 100 valence electrons. The molecule has 0 spiro atoms. The molecule has 0 radical (unpaired) electrons. The van der Waals surface area contributed by atoms with Crippen molar-refractivity contribution < 1.29 is 4.79 Å². The number of hydrogen-bond acceptors (Lipinski definition) is 3. The van der Waals surface area contributed by atoms with E-state index >= 15 is 0 Å². The number of likely N-dealkylation sites (N-methyl/N-ethyl adjacent to an activating group) is 1. The highest BCUT2D eigenvalue weighted by atomic mass is 35.5. The van der Waals surface area contributed by atoms with Crippen molar-refractivity contribution in [2.45, 2.75) is 20.3 Å². The molecule has 0 aromatic heterocycles. The average Bonchev–Trinajstić information content (AvgIpc) is 2.35. The minimum atomic E-state index is -0.466. The molecule has 0 fully saturated rings. The van der Waals surface area contributed by atoms with Crippen molar-refractivity contribution >= 4 is 23.2 Å². The molecule has 0 unspecified atom stereocenters. The molecule has 0 atom stereocenters. The van der Waals surface area contributed by atoms with Crippen LogP contribution in [-0.4, -0.2) is 30.4 Å². The molecule has 1 aromatic rings. The Morgan fingerprint density at radius 3 is 2.44 bits per heavy atom. The van der Waals surface area contributed by atoms with Crippen molar-refractivity contribution in [3.63, 3.8) is 0 Å². The van der Waals surface area contributed by atoms with Gasteiger partial charge in [-0.1, -0.05) is 25.4 Å². The van der Waals surface area contributed by atoms with Gasteiger partial charge in [-0.25, -0.2) is 0 Å². The molecule has 0 aliphatic rings. The lowest BCUT2D eigenvalue weighted by Gasteiger charge is -2.19. The Balaban J connectivity index is 2.98. The summed E-state index contributed by atoms with van der Waals surface area (Å²) >= 11 is 6.16. The summed E-state index contributed by atoms with van der Waals surface area (Å²) in [4.78, 5) is 13.6. The van der Waals surface area contributed by atoms with Crippen molar-refractivity contribution in [2.75, 3.05) is 25.4 Å². The summed E-state index contributed by atoms with van der Waals surface area (Å²) in [5, 5.41) is 0.443. The van der Waals surface area contributed by atoms with Crippen molar-refractivity contribution in [1.82, 2.24) is 4.90 Å². The van der Waals surface area contributed by atoms with Crippen LogP contribution in [0, 0.1) is 0 Å². The van der Waals surface area contributed by atoms with E-state index in [0.717, 1.165) is 25.2 Å². The standard InChI is InChI=1S/C13H20ClN3O/c1-3-17(4-2)8-7-9-10(13(16)18)5-6-11(15)12(9)14/h5-6H,3-4,7-8,15H2,1-2H3,(H2,16,18).